The van der Waals surface area contributed by atoms with E-state index in [1.807, 2.05) is 13.8 Å². The summed E-state index contributed by atoms with van der Waals surface area (Å²) in [5, 5.41) is 0. The molecule has 0 unspecified atom stereocenters. The van der Waals surface area contributed by atoms with Gasteiger partial charge in [0.2, 0.25) is 0 Å². The van der Waals surface area contributed by atoms with Gasteiger partial charge in [-0.3, -0.25) is 4.39 Å². The van der Waals surface area contributed by atoms with Crippen LogP contribution >= 0.6 is 0 Å². The molecule has 0 nitrogen and oxygen atoms in total. The van der Waals surface area contributed by atoms with Gasteiger partial charge in [0.15, 0.2) is 0 Å². The fourth-order valence-electron chi connectivity index (χ4n) is 0.348. The van der Waals surface area contributed by atoms with Gasteiger partial charge in [-0.2, -0.15) is 19.8 Å². The van der Waals surface area contributed by atoms with Crippen molar-refractivity contribution in [2.45, 2.75) is 67.7 Å². The summed E-state index contributed by atoms with van der Waals surface area (Å²) in [4.78, 5) is 0. The Balaban J connectivity index is -0.0000000110. The Morgan fingerprint density at radius 1 is 1.06 bits per heavy atom. The van der Waals surface area contributed by atoms with Crippen molar-refractivity contribution in [3.63, 3.8) is 0 Å². The van der Waals surface area contributed by atoms with Crippen LogP contribution < -0.4 is 0 Å². The van der Waals surface area contributed by atoms with E-state index in [-0.39, 0.29) is 43.3 Å². The fraction of sp³-hybridized carbons (Fsp3) is 0.733. The van der Waals surface area contributed by atoms with Crippen molar-refractivity contribution in [2.24, 2.45) is 0 Å². The summed E-state index contributed by atoms with van der Waals surface area (Å²) >= 11 is 0. The predicted molar refractivity (Wildman–Crippen MR) is 83.1 cm³/mol. The molecule has 2 heteroatoms. The van der Waals surface area contributed by atoms with Crippen LogP contribution in [0, 0.1) is 28.2 Å². The minimum atomic E-state index is 0. The van der Waals surface area contributed by atoms with Crippen LogP contribution in [0.25, 0.3) is 0 Å². The van der Waals surface area contributed by atoms with Gasteiger partial charge in [0.1, 0.15) is 0 Å². The molecule has 0 aromatic heterocycles. The molecule has 0 rings (SSSR count). The summed E-state index contributed by atoms with van der Waals surface area (Å²) in [5.41, 5.74) is 0. The zero-order valence-corrected chi connectivity index (χ0v) is 15.1. The smallest absolute Gasteiger partial charge is 0.358 e. The van der Waals surface area contributed by atoms with Crippen LogP contribution in [-0.2, 0) is 21.1 Å². The fourth-order valence-corrected chi connectivity index (χ4v) is 0.348. The third-order valence-corrected chi connectivity index (χ3v) is 0.743. The van der Waals surface area contributed by atoms with E-state index in [0.29, 0.717) is 7.18 Å². The first kappa shape index (κ1) is 52.6. The second-order valence-corrected chi connectivity index (χ2v) is 2.11. The van der Waals surface area contributed by atoms with Gasteiger partial charge in [0.25, 0.3) is 0 Å². The summed E-state index contributed by atoms with van der Waals surface area (Å²) in [7, 11) is 0.500. The van der Waals surface area contributed by atoms with E-state index in [0.717, 1.165) is 6.42 Å². The SMILES string of the molecule is C.CC.CCC.CF.[CH2-]CCC[CH-]C.[CH3-].[CH3-].[Pt+4]. The average molecular weight is 434 g/mol. The van der Waals surface area contributed by atoms with E-state index in [4.69, 9.17) is 0 Å². The van der Waals surface area contributed by atoms with Crippen molar-refractivity contribution >= 4 is 0 Å². The van der Waals surface area contributed by atoms with Gasteiger partial charge in [0.05, 0.1) is 7.18 Å². The van der Waals surface area contributed by atoms with E-state index in [1.54, 1.807) is 0 Å². The quantitative estimate of drug-likeness (QED) is 0.340. The molecule has 17 heavy (non-hydrogen) atoms. The molecule has 0 bridgehead atoms. The molecular formula is C15H39FPt. The Kier molecular flexibility index (Phi) is 397. The van der Waals surface area contributed by atoms with Crippen LogP contribution in [0.3, 0.4) is 0 Å². The zero-order valence-electron chi connectivity index (χ0n) is 12.8. The summed E-state index contributed by atoms with van der Waals surface area (Å²) < 4.78 is 9.50. The molecule has 0 fully saturated rings. The van der Waals surface area contributed by atoms with E-state index in [9.17, 15) is 4.39 Å². The van der Waals surface area contributed by atoms with Crippen LogP contribution in [0.15, 0.2) is 0 Å². The summed E-state index contributed by atoms with van der Waals surface area (Å²) in [6.45, 7) is 14.0. The first-order chi connectivity index (χ1) is 6.33. The molecule has 0 heterocycles. The van der Waals surface area contributed by atoms with E-state index in [2.05, 4.69) is 34.1 Å². The van der Waals surface area contributed by atoms with Crippen molar-refractivity contribution < 1.29 is 25.5 Å². The van der Waals surface area contributed by atoms with E-state index in [1.165, 1.54) is 19.3 Å². The predicted octanol–water partition coefficient (Wildman–Crippen LogP) is 6.78. The zero-order chi connectivity index (χ0) is 11.5. The molecule has 0 saturated carbocycles. The molecular weight excluding hydrogens is 394 g/mol. The number of hydrogen-bond donors (Lipinski definition) is 0. The third kappa shape index (κ3) is 271. The second kappa shape index (κ2) is 128. The first-order valence-corrected chi connectivity index (χ1v) is 5.28. The van der Waals surface area contributed by atoms with Crippen LogP contribution in [0.5, 0.6) is 0 Å². The number of hydrogen-bond acceptors (Lipinski definition) is 0. The Morgan fingerprint density at radius 2 is 1.29 bits per heavy atom. The van der Waals surface area contributed by atoms with Crippen LogP contribution in [0.4, 0.5) is 4.39 Å². The van der Waals surface area contributed by atoms with E-state index < -0.39 is 0 Å². The maximum Gasteiger partial charge on any atom is 4.00 e. The Morgan fingerprint density at radius 3 is 1.35 bits per heavy atom. The van der Waals surface area contributed by atoms with E-state index >= 15 is 0 Å². The van der Waals surface area contributed by atoms with Crippen LogP contribution in [0.1, 0.15) is 67.7 Å². The van der Waals surface area contributed by atoms with Crippen LogP contribution in [-0.4, -0.2) is 7.18 Å². The van der Waals surface area contributed by atoms with Gasteiger partial charge >= 0.3 is 21.1 Å². The minimum absolute atomic E-state index is 0. The molecule has 0 N–H and O–H groups in total. The van der Waals surface area contributed by atoms with Gasteiger partial charge in [0, 0.05) is 0 Å². The standard InChI is InChI=1S/C6H12.C3H8.C2H6.CH3F.CH4.2CH3.Pt/c1-3-5-6-4-2;1-3-2;2*1-2;;;;/h4H,1,3,5-6H2,2H3;3H2,1-2H3;1-2H3;1H3;1H4;2*1H3;/q-2;;;;;2*-1;+4. The largest absolute Gasteiger partial charge is 4.00 e. The van der Waals surface area contributed by atoms with Crippen molar-refractivity contribution in [1.82, 2.24) is 0 Å². The normalized spacial score (nSPS) is 4.94. The molecule has 0 amide bonds. The number of halogens is 1. The molecule has 0 aliphatic heterocycles. The van der Waals surface area contributed by atoms with Gasteiger partial charge in [-0.1, -0.05) is 41.5 Å². The van der Waals surface area contributed by atoms with Crippen molar-refractivity contribution in [3.05, 3.63) is 28.2 Å². The molecule has 0 atom stereocenters. The monoisotopic (exact) mass is 433 g/mol. The van der Waals surface area contributed by atoms with Crippen molar-refractivity contribution in [3.8, 4) is 0 Å². The second-order valence-electron chi connectivity index (χ2n) is 2.11. The molecule has 0 spiro atoms. The molecule has 0 aromatic rings. The maximum atomic E-state index is 9.50. The molecule has 0 aromatic carbocycles. The third-order valence-electron chi connectivity index (χ3n) is 0.743. The van der Waals surface area contributed by atoms with Gasteiger partial charge in [-0.05, 0) is 0 Å². The number of rotatable bonds is 3. The molecule has 0 radical (unpaired) electrons. The number of alkyl halides is 1. The van der Waals surface area contributed by atoms with Gasteiger partial charge in [-0.15, -0.1) is 6.42 Å². The summed E-state index contributed by atoms with van der Waals surface area (Å²) in [5.74, 6) is 0. The summed E-state index contributed by atoms with van der Waals surface area (Å²) in [6, 6.07) is 0. The van der Waals surface area contributed by atoms with Crippen molar-refractivity contribution in [1.29, 1.82) is 0 Å². The first-order valence-electron chi connectivity index (χ1n) is 5.28. The Bertz CT molecular complexity index is 30.1. The summed E-state index contributed by atoms with van der Waals surface area (Å²) in [6.07, 6.45) is 6.97. The maximum absolute atomic E-state index is 9.50. The number of unbranched alkanes of at least 4 members (excludes halogenated alkanes) is 3. The van der Waals surface area contributed by atoms with Crippen molar-refractivity contribution in [2.75, 3.05) is 7.18 Å². The minimum Gasteiger partial charge on any atom is -0.358 e. The Hall–Kier alpha value is 0.618. The van der Waals surface area contributed by atoms with Gasteiger partial charge < -0.3 is 28.2 Å². The topological polar surface area (TPSA) is 0 Å². The van der Waals surface area contributed by atoms with Gasteiger partial charge in [-0.25, -0.2) is 0 Å². The van der Waals surface area contributed by atoms with Crippen LogP contribution in [0.2, 0.25) is 0 Å². The molecule has 0 aliphatic carbocycles. The molecule has 116 valence electrons. The molecule has 0 aliphatic rings. The average Bonchev–Trinajstić information content (AvgIpc) is 2.22. The Labute approximate surface area is 128 Å². The molecule has 0 saturated heterocycles.